The van der Waals surface area contributed by atoms with Crippen LogP contribution in [-0.2, 0) is 4.79 Å². The van der Waals surface area contributed by atoms with Crippen molar-refractivity contribution in [2.24, 2.45) is 5.92 Å². The Bertz CT molecular complexity index is 572. The zero-order chi connectivity index (χ0) is 17.7. The van der Waals surface area contributed by atoms with E-state index >= 15 is 0 Å². The number of fused-ring (bicyclic) bond motifs is 3. The maximum absolute atomic E-state index is 12.3. The fraction of sp³-hybridized carbons (Fsp3) is 0.778. The summed E-state index contributed by atoms with van der Waals surface area (Å²) in [6.45, 7) is 7.68. The van der Waals surface area contributed by atoms with Crippen LogP contribution in [0.1, 0.15) is 52.4 Å². The van der Waals surface area contributed by atoms with E-state index < -0.39 is 0 Å². The molecular weight excluding hydrogens is 320 g/mol. The van der Waals surface area contributed by atoms with Gasteiger partial charge in [-0.05, 0) is 12.8 Å². The van der Waals surface area contributed by atoms with Crippen molar-refractivity contribution in [1.29, 1.82) is 0 Å². The summed E-state index contributed by atoms with van der Waals surface area (Å²) in [5.74, 6) is 1.20. The molecule has 0 N–H and O–H groups in total. The third-order valence-electron chi connectivity index (χ3n) is 5.19. The molecule has 7 nitrogen and oxygen atoms in total. The van der Waals surface area contributed by atoms with Gasteiger partial charge in [0.25, 0.3) is 0 Å². The maximum Gasteiger partial charge on any atom is 0.338 e. The standard InChI is InChI=1S/C18H29N4O3/c1-3-5-11-24-17-19-16(20-18(21-17)25-12-6-4-2)22-9-7-14(8-10-22)15(23)13-22/h14H,3-13H2,1-2H3/q+1. The average molecular weight is 349 g/mol. The van der Waals surface area contributed by atoms with Crippen molar-refractivity contribution in [3.05, 3.63) is 0 Å². The first kappa shape index (κ1) is 18.0. The average Bonchev–Trinajstić information content (AvgIpc) is 2.63. The van der Waals surface area contributed by atoms with Crippen LogP contribution in [-0.4, -0.2) is 53.6 Å². The summed E-state index contributed by atoms with van der Waals surface area (Å²) < 4.78 is 12.0. The molecule has 1 aromatic heterocycles. The molecular formula is C18H29N4O3+. The second-order valence-electron chi connectivity index (χ2n) is 7.10. The highest BCUT2D eigenvalue weighted by molar-refractivity contribution is 5.86. The minimum atomic E-state index is 0.238. The van der Waals surface area contributed by atoms with Gasteiger partial charge in [0.1, 0.15) is 6.54 Å². The fourth-order valence-corrected chi connectivity index (χ4v) is 3.52. The largest absolute Gasteiger partial charge is 0.463 e. The second kappa shape index (κ2) is 8.08. The lowest BCUT2D eigenvalue weighted by Crippen LogP contribution is -2.64. The Morgan fingerprint density at radius 2 is 1.52 bits per heavy atom. The Morgan fingerprint density at radius 3 is 2.00 bits per heavy atom. The molecule has 0 unspecified atom stereocenters. The van der Waals surface area contributed by atoms with Gasteiger partial charge in [0.2, 0.25) is 0 Å². The molecule has 0 saturated carbocycles. The molecule has 0 amide bonds. The predicted octanol–water partition coefficient (Wildman–Crippen LogP) is 2.53. The fourth-order valence-electron chi connectivity index (χ4n) is 3.52. The van der Waals surface area contributed by atoms with Gasteiger partial charge in [0.15, 0.2) is 5.78 Å². The SMILES string of the molecule is CCCCOc1nc(OCCCC)nc([N+]23CCC(CC2)C(=O)C3)n1. The smallest absolute Gasteiger partial charge is 0.338 e. The van der Waals surface area contributed by atoms with Crippen LogP contribution >= 0.6 is 0 Å². The van der Waals surface area contributed by atoms with Crippen LogP contribution < -0.4 is 14.0 Å². The molecule has 0 atom stereocenters. The number of aromatic nitrogens is 3. The molecule has 4 rings (SSSR count). The Balaban J connectivity index is 1.84. The molecule has 2 bridgehead atoms. The number of unbranched alkanes of at least 4 members (excludes halogenated alkanes) is 2. The first-order chi connectivity index (χ1) is 12.2. The summed E-state index contributed by atoms with van der Waals surface area (Å²) in [7, 11) is 0. The summed E-state index contributed by atoms with van der Waals surface area (Å²) in [4.78, 5) is 25.7. The van der Waals surface area contributed by atoms with Crippen LogP contribution in [0, 0.1) is 5.92 Å². The third kappa shape index (κ3) is 4.08. The Labute approximate surface area is 149 Å². The van der Waals surface area contributed by atoms with Gasteiger partial charge in [-0.1, -0.05) is 26.7 Å². The molecule has 4 heterocycles. The maximum atomic E-state index is 12.3. The summed E-state index contributed by atoms with van der Waals surface area (Å²) in [6, 6.07) is 0.634. The topological polar surface area (TPSA) is 74.2 Å². The van der Waals surface area contributed by atoms with Crippen molar-refractivity contribution < 1.29 is 14.3 Å². The van der Waals surface area contributed by atoms with Crippen molar-refractivity contribution in [2.45, 2.75) is 52.4 Å². The first-order valence-corrected chi connectivity index (χ1v) is 9.58. The van der Waals surface area contributed by atoms with Crippen molar-refractivity contribution in [3.63, 3.8) is 0 Å². The number of piperidine rings is 3. The minimum absolute atomic E-state index is 0.238. The number of hydrogen-bond donors (Lipinski definition) is 0. The third-order valence-corrected chi connectivity index (χ3v) is 5.19. The van der Waals surface area contributed by atoms with E-state index in [2.05, 4.69) is 28.8 Å². The zero-order valence-corrected chi connectivity index (χ0v) is 15.4. The minimum Gasteiger partial charge on any atom is -0.463 e. The lowest BCUT2D eigenvalue weighted by molar-refractivity contribution is -0.130. The van der Waals surface area contributed by atoms with E-state index in [1.165, 1.54) is 0 Å². The van der Waals surface area contributed by atoms with E-state index in [9.17, 15) is 4.79 Å². The van der Waals surface area contributed by atoms with E-state index in [-0.39, 0.29) is 5.92 Å². The summed E-state index contributed by atoms with van der Waals surface area (Å²) in [5, 5.41) is 0. The molecule has 1 aromatic rings. The Kier molecular flexibility index (Phi) is 5.83. The van der Waals surface area contributed by atoms with Gasteiger partial charge in [0, 0.05) is 18.8 Å². The first-order valence-electron chi connectivity index (χ1n) is 9.58. The van der Waals surface area contributed by atoms with Gasteiger partial charge in [-0.25, -0.2) is 0 Å². The predicted molar refractivity (Wildman–Crippen MR) is 94.8 cm³/mol. The van der Waals surface area contributed by atoms with E-state index in [1.807, 2.05) is 0 Å². The van der Waals surface area contributed by atoms with E-state index in [0.717, 1.165) is 51.6 Å². The van der Waals surface area contributed by atoms with E-state index in [1.54, 1.807) is 0 Å². The normalized spacial score (nSPS) is 25.2. The van der Waals surface area contributed by atoms with Gasteiger partial charge in [-0.2, -0.15) is 0 Å². The van der Waals surface area contributed by atoms with Crippen LogP contribution in [0.25, 0.3) is 0 Å². The van der Waals surface area contributed by atoms with Gasteiger partial charge >= 0.3 is 18.0 Å². The second-order valence-corrected chi connectivity index (χ2v) is 7.10. The monoisotopic (exact) mass is 349 g/mol. The highest BCUT2D eigenvalue weighted by Gasteiger charge is 2.49. The van der Waals surface area contributed by atoms with Crippen LogP contribution in [0.4, 0.5) is 5.95 Å². The van der Waals surface area contributed by atoms with Crippen molar-refractivity contribution in [3.8, 4) is 12.0 Å². The van der Waals surface area contributed by atoms with Crippen LogP contribution in [0.3, 0.4) is 0 Å². The molecule has 3 aliphatic rings. The lowest BCUT2D eigenvalue weighted by Gasteiger charge is -2.45. The van der Waals surface area contributed by atoms with Gasteiger partial charge < -0.3 is 9.47 Å². The molecule has 3 aliphatic heterocycles. The summed E-state index contributed by atoms with van der Waals surface area (Å²) in [6.07, 6.45) is 5.84. The number of carbonyl (C=O) groups is 1. The number of nitrogens with zero attached hydrogens (tertiary/aromatic N) is 4. The molecule has 7 heteroatoms. The number of Topliss-reactive ketones (excluding diaryl/α,β-unsaturated/α-hetero) is 1. The van der Waals surface area contributed by atoms with Gasteiger partial charge in [-0.15, -0.1) is 15.0 Å². The number of ketones is 1. The lowest BCUT2D eigenvalue weighted by atomic mass is 9.85. The summed E-state index contributed by atoms with van der Waals surface area (Å²) >= 11 is 0. The van der Waals surface area contributed by atoms with Crippen LogP contribution in [0.5, 0.6) is 12.0 Å². The number of hydrogen-bond acceptors (Lipinski definition) is 6. The molecule has 0 aliphatic carbocycles. The Hall–Kier alpha value is -1.76. The van der Waals surface area contributed by atoms with Crippen molar-refractivity contribution in [1.82, 2.24) is 19.4 Å². The van der Waals surface area contributed by atoms with Gasteiger partial charge in [-0.3, -0.25) is 9.28 Å². The molecule has 0 aromatic carbocycles. The number of ether oxygens (including phenoxy) is 2. The van der Waals surface area contributed by atoms with Crippen LogP contribution in [0.2, 0.25) is 0 Å². The van der Waals surface area contributed by atoms with E-state index in [0.29, 0.717) is 48.0 Å². The number of rotatable bonds is 9. The molecule has 3 fully saturated rings. The number of quaternary nitrogens is 1. The molecule has 0 radical (unpaired) electrons. The van der Waals surface area contributed by atoms with Crippen LogP contribution in [0.15, 0.2) is 0 Å². The van der Waals surface area contributed by atoms with Crippen molar-refractivity contribution in [2.75, 3.05) is 32.8 Å². The zero-order valence-electron chi connectivity index (χ0n) is 15.4. The highest BCUT2D eigenvalue weighted by atomic mass is 16.5. The van der Waals surface area contributed by atoms with Crippen molar-refractivity contribution >= 4 is 11.7 Å². The molecule has 3 saturated heterocycles. The summed E-state index contributed by atoms with van der Waals surface area (Å²) in [5.41, 5.74) is 0. The molecule has 138 valence electrons. The van der Waals surface area contributed by atoms with Gasteiger partial charge in [0.05, 0.1) is 26.3 Å². The highest BCUT2D eigenvalue weighted by Crippen LogP contribution is 2.35. The molecule has 0 spiro atoms. The van der Waals surface area contributed by atoms with E-state index in [4.69, 9.17) is 9.47 Å². The number of carbonyl (C=O) groups excluding carboxylic acids is 1. The Morgan fingerprint density at radius 1 is 0.960 bits per heavy atom. The molecule has 25 heavy (non-hydrogen) atoms. The quantitative estimate of drug-likeness (QED) is 0.504.